The van der Waals surface area contributed by atoms with Crippen LogP contribution in [0.1, 0.15) is 0 Å². The van der Waals surface area contributed by atoms with Gasteiger partial charge < -0.3 is 13.3 Å². The van der Waals surface area contributed by atoms with E-state index in [1.807, 2.05) is 91.1 Å². The second kappa shape index (κ2) is 10.4. The predicted octanol–water partition coefficient (Wildman–Crippen LogP) is 11.8. The van der Waals surface area contributed by atoms with E-state index in [2.05, 4.69) is 65.6 Å². The highest BCUT2D eigenvalue weighted by Gasteiger charge is 2.21. The minimum absolute atomic E-state index is 0.566. The zero-order valence-corrected chi connectivity index (χ0v) is 25.5. The van der Waals surface area contributed by atoms with Crippen LogP contribution in [0.3, 0.4) is 0 Å². The first-order valence-electron chi connectivity index (χ1n) is 15.8. The minimum Gasteiger partial charge on any atom is -0.456 e. The number of rotatable bonds is 5. The molecule has 226 valence electrons. The van der Waals surface area contributed by atoms with Gasteiger partial charge in [-0.2, -0.15) is 0 Å². The number of hydrogen-bond donors (Lipinski definition) is 0. The van der Waals surface area contributed by atoms with E-state index >= 15 is 0 Å². The van der Waals surface area contributed by atoms with Gasteiger partial charge in [-0.25, -0.2) is 9.97 Å². The average molecular weight is 620 g/mol. The summed E-state index contributed by atoms with van der Waals surface area (Å²) >= 11 is 0. The largest absolute Gasteiger partial charge is 0.456 e. The van der Waals surface area contributed by atoms with E-state index in [1.165, 1.54) is 0 Å². The highest BCUT2D eigenvalue weighted by atomic mass is 16.4. The third kappa shape index (κ3) is 4.20. The van der Waals surface area contributed by atoms with E-state index in [0.717, 1.165) is 88.9 Å². The molecule has 0 atom stereocenters. The predicted molar refractivity (Wildman–Crippen MR) is 192 cm³/mol. The number of pyridine rings is 1. The van der Waals surface area contributed by atoms with Crippen LogP contribution in [0.5, 0.6) is 0 Å². The van der Waals surface area contributed by atoms with Crippen molar-refractivity contribution in [2.75, 3.05) is 4.90 Å². The summed E-state index contributed by atoms with van der Waals surface area (Å²) in [6.07, 6.45) is 1.86. The van der Waals surface area contributed by atoms with E-state index in [-0.39, 0.29) is 0 Å². The lowest BCUT2D eigenvalue weighted by molar-refractivity contribution is 0.620. The Morgan fingerprint density at radius 3 is 2.00 bits per heavy atom. The summed E-state index contributed by atoms with van der Waals surface area (Å²) in [4.78, 5) is 11.8. The van der Waals surface area contributed by atoms with Crippen LogP contribution < -0.4 is 4.90 Å². The molecule has 0 saturated carbocycles. The maximum absolute atomic E-state index is 6.52. The normalized spacial score (nSPS) is 11.8. The van der Waals surface area contributed by atoms with Crippen molar-refractivity contribution in [2.45, 2.75) is 0 Å². The second-order valence-electron chi connectivity index (χ2n) is 11.8. The number of benzene rings is 6. The number of aromatic nitrogens is 2. The molecule has 6 nitrogen and oxygen atoms in total. The van der Waals surface area contributed by atoms with Crippen molar-refractivity contribution in [3.05, 3.63) is 152 Å². The molecular weight excluding hydrogens is 594 g/mol. The molecule has 0 amide bonds. The molecule has 10 aromatic rings. The van der Waals surface area contributed by atoms with Crippen LogP contribution >= 0.6 is 0 Å². The highest BCUT2D eigenvalue weighted by Crippen LogP contribution is 2.42. The Morgan fingerprint density at radius 1 is 0.458 bits per heavy atom. The van der Waals surface area contributed by atoms with Crippen LogP contribution in [-0.4, -0.2) is 9.97 Å². The van der Waals surface area contributed by atoms with Crippen molar-refractivity contribution in [2.24, 2.45) is 0 Å². The number of fused-ring (bicyclic) bond motifs is 7. The van der Waals surface area contributed by atoms with E-state index in [0.29, 0.717) is 5.89 Å². The van der Waals surface area contributed by atoms with Crippen LogP contribution in [0, 0.1) is 0 Å². The fourth-order valence-corrected chi connectivity index (χ4v) is 6.74. The standard InChI is InChI=1S/C42H25N3O3/c1-2-9-26(10-3-1)27-21-22-43-40(23-27)45(28-17-19-31-30-11-4-6-14-35(30)46-38(31)24-28)29-18-20-32-39(25-29)47-37-16-8-12-33(41(32)37)42-44-34-13-5-7-15-36(34)48-42/h1-25H. The summed E-state index contributed by atoms with van der Waals surface area (Å²) in [6, 6.07) is 49.0. The van der Waals surface area contributed by atoms with Crippen LogP contribution in [0.25, 0.3) is 77.6 Å². The Bertz CT molecular complexity index is 2780. The van der Waals surface area contributed by atoms with Gasteiger partial charge in [0.05, 0.1) is 11.4 Å². The zero-order chi connectivity index (χ0) is 31.6. The molecule has 0 aliphatic carbocycles. The Morgan fingerprint density at radius 2 is 1.15 bits per heavy atom. The SMILES string of the molecule is c1ccc(-c2ccnc(N(c3ccc4c(c3)oc3ccccc34)c3ccc4c(c3)oc3cccc(-c5nc6ccccc6o5)c34)c2)cc1. The highest BCUT2D eigenvalue weighted by molar-refractivity contribution is 6.13. The zero-order valence-electron chi connectivity index (χ0n) is 25.5. The molecule has 4 aromatic heterocycles. The summed E-state index contributed by atoms with van der Waals surface area (Å²) < 4.78 is 19.0. The van der Waals surface area contributed by atoms with E-state index in [1.54, 1.807) is 0 Å². The average Bonchev–Trinajstić information content (AvgIpc) is 3.85. The molecule has 0 aliphatic heterocycles. The first kappa shape index (κ1) is 26.5. The molecule has 0 aliphatic rings. The maximum Gasteiger partial charge on any atom is 0.228 e. The molecule has 6 aromatic carbocycles. The molecule has 0 unspecified atom stereocenters. The molecule has 0 radical (unpaired) electrons. The fourth-order valence-electron chi connectivity index (χ4n) is 6.74. The van der Waals surface area contributed by atoms with Crippen LogP contribution in [0.2, 0.25) is 0 Å². The van der Waals surface area contributed by atoms with Crippen LogP contribution in [-0.2, 0) is 0 Å². The van der Waals surface area contributed by atoms with Gasteiger partial charge in [-0.1, -0.05) is 66.7 Å². The number of nitrogens with zero attached hydrogens (tertiary/aromatic N) is 3. The number of hydrogen-bond acceptors (Lipinski definition) is 6. The Balaban J connectivity index is 1.16. The lowest BCUT2D eigenvalue weighted by atomic mass is 10.0. The quantitative estimate of drug-likeness (QED) is 0.191. The molecule has 0 saturated heterocycles. The van der Waals surface area contributed by atoms with Gasteiger partial charge in [-0.05, 0) is 77.9 Å². The van der Waals surface area contributed by atoms with Crippen molar-refractivity contribution < 1.29 is 13.3 Å². The van der Waals surface area contributed by atoms with Gasteiger partial charge >= 0.3 is 0 Å². The topological polar surface area (TPSA) is 68.4 Å². The lowest BCUT2D eigenvalue weighted by Crippen LogP contribution is -2.11. The van der Waals surface area contributed by atoms with E-state index in [4.69, 9.17) is 23.2 Å². The minimum atomic E-state index is 0.566. The summed E-state index contributed by atoms with van der Waals surface area (Å²) in [7, 11) is 0. The number of oxazole rings is 1. The second-order valence-corrected chi connectivity index (χ2v) is 11.8. The summed E-state index contributed by atoms with van der Waals surface area (Å²) in [5.74, 6) is 1.34. The summed E-state index contributed by atoms with van der Waals surface area (Å²) in [5.41, 5.74) is 9.66. The Labute approximate surface area is 274 Å². The number of anilines is 3. The Kier molecular flexibility index (Phi) is 5.77. The van der Waals surface area contributed by atoms with Gasteiger partial charge in [0.2, 0.25) is 5.89 Å². The third-order valence-electron chi connectivity index (χ3n) is 8.97. The maximum atomic E-state index is 6.52. The van der Waals surface area contributed by atoms with Crippen molar-refractivity contribution in [3.8, 4) is 22.6 Å². The molecule has 0 bridgehead atoms. The first-order chi connectivity index (χ1) is 23.8. The molecule has 10 rings (SSSR count). The van der Waals surface area contributed by atoms with Crippen LogP contribution in [0.4, 0.5) is 17.2 Å². The van der Waals surface area contributed by atoms with Gasteiger partial charge in [0.1, 0.15) is 33.7 Å². The Hall–Kier alpha value is -6.66. The number of para-hydroxylation sites is 3. The number of furan rings is 2. The molecule has 6 heteroatoms. The third-order valence-corrected chi connectivity index (χ3v) is 8.97. The molecule has 0 spiro atoms. The summed E-state index contributed by atoms with van der Waals surface area (Å²) in [6.45, 7) is 0. The molecular formula is C42H25N3O3. The fraction of sp³-hybridized carbons (Fsp3) is 0. The van der Waals surface area contributed by atoms with Crippen molar-refractivity contribution in [1.29, 1.82) is 0 Å². The molecule has 48 heavy (non-hydrogen) atoms. The van der Waals surface area contributed by atoms with E-state index < -0.39 is 0 Å². The van der Waals surface area contributed by atoms with Gasteiger partial charge in [0.15, 0.2) is 5.58 Å². The van der Waals surface area contributed by atoms with Gasteiger partial charge in [-0.15, -0.1) is 0 Å². The molecule has 4 heterocycles. The lowest BCUT2D eigenvalue weighted by Gasteiger charge is -2.24. The van der Waals surface area contributed by atoms with Crippen molar-refractivity contribution >= 4 is 72.2 Å². The van der Waals surface area contributed by atoms with Crippen LogP contribution in [0.15, 0.2) is 165 Å². The smallest absolute Gasteiger partial charge is 0.228 e. The van der Waals surface area contributed by atoms with E-state index in [9.17, 15) is 0 Å². The summed E-state index contributed by atoms with van der Waals surface area (Å²) in [5, 5.41) is 4.10. The van der Waals surface area contributed by atoms with Crippen molar-refractivity contribution in [1.82, 2.24) is 9.97 Å². The molecule has 0 N–H and O–H groups in total. The monoisotopic (exact) mass is 619 g/mol. The van der Waals surface area contributed by atoms with Gasteiger partial charge in [-0.3, -0.25) is 4.90 Å². The first-order valence-corrected chi connectivity index (χ1v) is 15.8. The van der Waals surface area contributed by atoms with Crippen molar-refractivity contribution in [3.63, 3.8) is 0 Å². The molecule has 0 fully saturated rings. The van der Waals surface area contributed by atoms with Gasteiger partial charge in [0.25, 0.3) is 0 Å². The van der Waals surface area contributed by atoms with Gasteiger partial charge in [0, 0.05) is 45.4 Å².